The molecule has 1 aromatic carbocycles. The summed E-state index contributed by atoms with van der Waals surface area (Å²) < 4.78 is 0. The molecular weight excluding hydrogens is 394 g/mol. The highest BCUT2D eigenvalue weighted by Gasteiger charge is 2.31. The fraction of sp³-hybridized carbons (Fsp3) is 0.520. The molecule has 1 fully saturated rings. The third-order valence-electron chi connectivity index (χ3n) is 5.94. The molecule has 1 aromatic heterocycles. The lowest BCUT2D eigenvalue weighted by Gasteiger charge is -2.25. The Morgan fingerprint density at radius 2 is 1.80 bits per heavy atom. The van der Waals surface area contributed by atoms with Crippen LogP contribution in [0.2, 0.25) is 0 Å². The zero-order chi connectivity index (χ0) is 21.3. The summed E-state index contributed by atoms with van der Waals surface area (Å²) in [6.07, 6.45) is 11.9. The van der Waals surface area contributed by atoms with Crippen LogP contribution in [0.3, 0.4) is 0 Å². The second-order valence-electron chi connectivity index (χ2n) is 8.25. The summed E-state index contributed by atoms with van der Waals surface area (Å²) in [5.74, 6) is -0.639. The molecule has 1 amide bonds. The van der Waals surface area contributed by atoms with E-state index in [1.54, 1.807) is 6.07 Å². The predicted molar refractivity (Wildman–Crippen MR) is 124 cm³/mol. The van der Waals surface area contributed by atoms with Crippen LogP contribution in [-0.2, 0) is 17.6 Å². The molecule has 1 aliphatic rings. The topological polar surface area (TPSA) is 57.6 Å². The van der Waals surface area contributed by atoms with Crippen LogP contribution in [0.4, 0.5) is 5.69 Å². The molecule has 0 aliphatic carbocycles. The number of nitrogens with zero attached hydrogens (tertiary/aromatic N) is 1. The van der Waals surface area contributed by atoms with Crippen molar-refractivity contribution in [2.24, 2.45) is 0 Å². The molecule has 0 saturated carbocycles. The van der Waals surface area contributed by atoms with Gasteiger partial charge in [-0.1, -0.05) is 44.7 Å². The number of amides is 1. The van der Waals surface area contributed by atoms with Crippen molar-refractivity contribution < 1.29 is 14.7 Å². The van der Waals surface area contributed by atoms with Crippen LogP contribution in [0.25, 0.3) is 0 Å². The van der Waals surface area contributed by atoms with Crippen molar-refractivity contribution in [1.82, 2.24) is 0 Å². The summed E-state index contributed by atoms with van der Waals surface area (Å²) in [4.78, 5) is 27.0. The summed E-state index contributed by atoms with van der Waals surface area (Å²) in [7, 11) is 0. The van der Waals surface area contributed by atoms with Gasteiger partial charge in [0.05, 0.1) is 0 Å². The fourth-order valence-electron chi connectivity index (χ4n) is 4.27. The summed E-state index contributed by atoms with van der Waals surface area (Å²) in [5.41, 5.74) is 2.37. The van der Waals surface area contributed by atoms with E-state index >= 15 is 0 Å². The summed E-state index contributed by atoms with van der Waals surface area (Å²) in [6, 6.07) is 12.4. The summed E-state index contributed by atoms with van der Waals surface area (Å²) >= 11 is 1.35. The molecule has 1 saturated heterocycles. The smallest absolute Gasteiger partial charge is 0.345 e. The van der Waals surface area contributed by atoms with Gasteiger partial charge >= 0.3 is 5.97 Å². The molecule has 0 radical (unpaired) electrons. The van der Waals surface area contributed by atoms with Gasteiger partial charge in [-0.3, -0.25) is 4.79 Å². The molecule has 1 N–H and O–H groups in total. The molecule has 0 spiro atoms. The molecule has 2 heterocycles. The van der Waals surface area contributed by atoms with Gasteiger partial charge in [-0.15, -0.1) is 11.3 Å². The zero-order valence-corrected chi connectivity index (χ0v) is 18.8. The van der Waals surface area contributed by atoms with Crippen molar-refractivity contribution in [2.45, 2.75) is 83.6 Å². The highest BCUT2D eigenvalue weighted by atomic mass is 32.1. The number of unbranched alkanes of at least 4 members (excludes halogenated alkanes) is 4. The van der Waals surface area contributed by atoms with Gasteiger partial charge < -0.3 is 10.0 Å². The van der Waals surface area contributed by atoms with E-state index in [9.17, 15) is 9.59 Å². The molecule has 1 aliphatic heterocycles. The first-order valence-electron chi connectivity index (χ1n) is 11.3. The van der Waals surface area contributed by atoms with E-state index in [-0.39, 0.29) is 11.9 Å². The van der Waals surface area contributed by atoms with Gasteiger partial charge in [0.15, 0.2) is 0 Å². The number of anilines is 1. The minimum atomic E-state index is -0.858. The van der Waals surface area contributed by atoms with E-state index in [2.05, 4.69) is 31.2 Å². The first kappa shape index (κ1) is 22.5. The SMILES string of the molecule is CCCCCCCc1ccc(N2C(=O)CCC2CCCc2ccc(C(=O)O)s2)cc1. The number of aromatic carboxylic acids is 1. The number of hydrogen-bond acceptors (Lipinski definition) is 3. The predicted octanol–water partition coefficient (Wildman–Crippen LogP) is 6.48. The molecule has 30 heavy (non-hydrogen) atoms. The molecule has 2 aromatic rings. The van der Waals surface area contributed by atoms with Gasteiger partial charge in [0.1, 0.15) is 4.88 Å². The number of carboxylic acids is 1. The van der Waals surface area contributed by atoms with E-state index in [0.29, 0.717) is 11.3 Å². The average Bonchev–Trinajstić information content (AvgIpc) is 3.36. The Bertz CT molecular complexity index is 827. The van der Waals surface area contributed by atoms with Crippen molar-refractivity contribution in [3.05, 3.63) is 51.7 Å². The van der Waals surface area contributed by atoms with E-state index in [1.165, 1.54) is 49.0 Å². The number of thiophene rings is 1. The minimum absolute atomic E-state index is 0.219. The average molecular weight is 428 g/mol. The number of carboxylic acid groups (broad SMARTS) is 1. The number of benzene rings is 1. The third kappa shape index (κ3) is 6.18. The van der Waals surface area contributed by atoms with Crippen LogP contribution in [0.15, 0.2) is 36.4 Å². The van der Waals surface area contributed by atoms with Crippen molar-refractivity contribution in [2.75, 3.05) is 4.90 Å². The highest BCUT2D eigenvalue weighted by molar-refractivity contribution is 7.13. The number of rotatable bonds is 12. The maximum absolute atomic E-state index is 12.5. The molecule has 3 rings (SSSR count). The quantitative estimate of drug-likeness (QED) is 0.395. The van der Waals surface area contributed by atoms with E-state index in [4.69, 9.17) is 5.11 Å². The largest absolute Gasteiger partial charge is 0.477 e. The Balaban J connectivity index is 1.50. The number of aryl methyl sites for hydroxylation is 2. The number of carbonyl (C=O) groups excluding carboxylic acids is 1. The number of hydrogen-bond donors (Lipinski definition) is 1. The van der Waals surface area contributed by atoms with Crippen molar-refractivity contribution in [3.8, 4) is 0 Å². The van der Waals surface area contributed by atoms with Crippen molar-refractivity contribution in [3.63, 3.8) is 0 Å². The summed E-state index contributed by atoms with van der Waals surface area (Å²) in [5, 5.41) is 9.05. The van der Waals surface area contributed by atoms with Crippen molar-refractivity contribution in [1.29, 1.82) is 0 Å². The monoisotopic (exact) mass is 427 g/mol. The van der Waals surface area contributed by atoms with Gasteiger partial charge in [-0.2, -0.15) is 0 Å². The molecule has 1 unspecified atom stereocenters. The van der Waals surface area contributed by atoms with Gasteiger partial charge in [-0.25, -0.2) is 4.79 Å². The molecule has 5 heteroatoms. The first-order valence-corrected chi connectivity index (χ1v) is 12.1. The Morgan fingerprint density at radius 3 is 2.50 bits per heavy atom. The van der Waals surface area contributed by atoms with Crippen LogP contribution >= 0.6 is 11.3 Å². The second kappa shape index (κ2) is 11.3. The Kier molecular flexibility index (Phi) is 8.50. The van der Waals surface area contributed by atoms with Gasteiger partial charge in [0.25, 0.3) is 0 Å². The van der Waals surface area contributed by atoms with Gasteiger partial charge in [0, 0.05) is 23.0 Å². The van der Waals surface area contributed by atoms with Crippen LogP contribution < -0.4 is 4.90 Å². The maximum Gasteiger partial charge on any atom is 0.345 e. The molecular formula is C25H33NO3S. The molecule has 1 atom stereocenters. The Labute approximate surface area is 183 Å². The third-order valence-corrected chi connectivity index (χ3v) is 7.07. The Hall–Kier alpha value is -2.14. The Morgan fingerprint density at radius 1 is 1.03 bits per heavy atom. The van der Waals surface area contributed by atoms with Crippen LogP contribution in [0, 0.1) is 0 Å². The maximum atomic E-state index is 12.5. The standard InChI is InChI=1S/C25H33NO3S/c1-2-3-4-5-6-8-19-11-13-21(14-12-19)26-20(15-18-24(26)27)9-7-10-22-16-17-23(30-22)25(28)29/h11-14,16-17,20H,2-10,15,18H2,1H3,(H,28,29). The van der Waals surface area contributed by atoms with Gasteiger partial charge in [-0.05, 0) is 68.4 Å². The van der Waals surface area contributed by atoms with E-state index in [1.807, 2.05) is 11.0 Å². The highest BCUT2D eigenvalue weighted by Crippen LogP contribution is 2.30. The van der Waals surface area contributed by atoms with E-state index in [0.717, 1.165) is 42.7 Å². The van der Waals surface area contributed by atoms with Crippen LogP contribution in [0.5, 0.6) is 0 Å². The van der Waals surface area contributed by atoms with Crippen LogP contribution in [0.1, 0.15) is 84.8 Å². The molecule has 0 bridgehead atoms. The van der Waals surface area contributed by atoms with E-state index < -0.39 is 5.97 Å². The summed E-state index contributed by atoms with van der Waals surface area (Å²) in [6.45, 7) is 2.24. The van der Waals surface area contributed by atoms with Crippen LogP contribution in [-0.4, -0.2) is 23.0 Å². The molecule has 4 nitrogen and oxygen atoms in total. The number of carbonyl (C=O) groups is 2. The lowest BCUT2D eigenvalue weighted by molar-refractivity contribution is -0.117. The normalized spacial score (nSPS) is 16.4. The minimum Gasteiger partial charge on any atom is -0.477 e. The molecule has 162 valence electrons. The zero-order valence-electron chi connectivity index (χ0n) is 17.9. The fourth-order valence-corrected chi connectivity index (χ4v) is 5.15. The first-order chi connectivity index (χ1) is 14.6. The lowest BCUT2D eigenvalue weighted by Crippen LogP contribution is -2.32. The van der Waals surface area contributed by atoms with Crippen molar-refractivity contribution >= 4 is 28.9 Å². The lowest BCUT2D eigenvalue weighted by atomic mass is 10.0. The van der Waals surface area contributed by atoms with Gasteiger partial charge in [0.2, 0.25) is 5.91 Å². The second-order valence-corrected chi connectivity index (χ2v) is 9.42.